The second-order valence-corrected chi connectivity index (χ2v) is 9.40. The summed E-state index contributed by atoms with van der Waals surface area (Å²) < 4.78 is 19.0. The number of rotatable bonds is 5. The highest BCUT2D eigenvalue weighted by molar-refractivity contribution is 7.99. The van der Waals surface area contributed by atoms with Gasteiger partial charge >= 0.3 is 0 Å². The highest BCUT2D eigenvalue weighted by atomic mass is 35.5. The number of hydrogen-bond acceptors (Lipinski definition) is 10. The van der Waals surface area contributed by atoms with Crippen LogP contribution in [0.4, 0.5) is 4.39 Å². The van der Waals surface area contributed by atoms with Crippen LogP contribution in [0.1, 0.15) is 5.01 Å². The van der Waals surface area contributed by atoms with Gasteiger partial charge in [-0.2, -0.15) is 4.39 Å². The quantitative estimate of drug-likeness (QED) is 0.424. The SMILES string of the molecule is OCC1OC(Sc2ccc(Cl)c(Cl)c2)C(O)C(N2C=C(c3nc(F)cs3)NN2)C1O. The van der Waals surface area contributed by atoms with Crippen LogP contribution < -0.4 is 11.0 Å². The second kappa shape index (κ2) is 9.15. The molecule has 0 saturated carbocycles. The summed E-state index contributed by atoms with van der Waals surface area (Å²) in [5.74, 6) is -0.597. The first-order valence-corrected chi connectivity index (χ1v) is 11.3. The number of hydrogen-bond donors (Lipinski definition) is 5. The summed E-state index contributed by atoms with van der Waals surface area (Å²) in [7, 11) is 0. The van der Waals surface area contributed by atoms with Crippen molar-refractivity contribution in [2.45, 2.75) is 34.7 Å². The zero-order chi connectivity index (χ0) is 21.4. The average Bonchev–Trinajstić information content (AvgIpc) is 3.36. The Morgan fingerprint density at radius 1 is 1.27 bits per heavy atom. The molecule has 5 unspecified atom stereocenters. The van der Waals surface area contributed by atoms with Crippen LogP contribution in [0.15, 0.2) is 34.7 Å². The van der Waals surface area contributed by atoms with E-state index in [2.05, 4.69) is 15.9 Å². The number of nitrogens with one attached hydrogen (secondary N) is 2. The maximum atomic E-state index is 13.2. The molecule has 0 radical (unpaired) electrons. The monoisotopic (exact) mass is 494 g/mol. The van der Waals surface area contributed by atoms with E-state index in [9.17, 15) is 19.7 Å². The van der Waals surface area contributed by atoms with Crippen molar-refractivity contribution < 1.29 is 24.4 Å². The maximum Gasteiger partial charge on any atom is 0.224 e. The number of aromatic nitrogens is 1. The second-order valence-electron chi connectivity index (χ2n) is 6.55. The standard InChI is InChI=1S/C17H17Cl2FN4O4S2/c18-8-2-1-7(3-9(8)19)30-17-15(27)13(14(26)11(5-25)28-17)24-4-10(22-23-24)16-21-12(20)6-29-16/h1-4,6,11,13-15,17,22-23,25-27H,5H2. The lowest BCUT2D eigenvalue weighted by Gasteiger charge is -2.45. The lowest BCUT2D eigenvalue weighted by atomic mass is 9.97. The van der Waals surface area contributed by atoms with E-state index in [0.29, 0.717) is 25.6 Å². The molecular formula is C17H17Cl2FN4O4S2. The largest absolute Gasteiger partial charge is 0.394 e. The van der Waals surface area contributed by atoms with Crippen molar-refractivity contribution in [3.8, 4) is 0 Å². The van der Waals surface area contributed by atoms with Crippen molar-refractivity contribution in [1.82, 2.24) is 21.0 Å². The minimum atomic E-state index is -1.21. The van der Waals surface area contributed by atoms with Gasteiger partial charge in [-0.3, -0.25) is 10.4 Å². The fourth-order valence-corrected chi connectivity index (χ4v) is 5.25. The van der Waals surface area contributed by atoms with Gasteiger partial charge in [-0.1, -0.05) is 35.0 Å². The van der Waals surface area contributed by atoms with E-state index < -0.39 is 42.3 Å². The first-order valence-electron chi connectivity index (χ1n) is 8.74. The Balaban J connectivity index is 1.56. The van der Waals surface area contributed by atoms with Crippen LogP contribution >= 0.6 is 46.3 Å². The Morgan fingerprint density at radius 2 is 2.07 bits per heavy atom. The minimum absolute atomic E-state index is 0.357. The number of thioether (sulfide) groups is 1. The van der Waals surface area contributed by atoms with E-state index in [-0.39, 0.29) is 0 Å². The summed E-state index contributed by atoms with van der Waals surface area (Å²) in [5, 5.41) is 35.2. The van der Waals surface area contributed by atoms with Crippen molar-refractivity contribution in [2.75, 3.05) is 6.61 Å². The Bertz CT molecular complexity index is 952. The number of nitrogens with zero attached hydrogens (tertiary/aromatic N) is 2. The van der Waals surface area contributed by atoms with Crippen LogP contribution in [0.25, 0.3) is 5.70 Å². The number of hydrazine groups is 2. The Hall–Kier alpha value is -1.15. The van der Waals surface area contributed by atoms with Crippen LogP contribution in [0.2, 0.25) is 10.0 Å². The molecule has 5 atom stereocenters. The maximum absolute atomic E-state index is 13.2. The highest BCUT2D eigenvalue weighted by Crippen LogP contribution is 2.37. The van der Waals surface area contributed by atoms with Crippen LogP contribution in [-0.2, 0) is 4.74 Å². The molecule has 1 saturated heterocycles. The van der Waals surface area contributed by atoms with Crippen LogP contribution in [0.3, 0.4) is 0 Å². The molecule has 2 aromatic rings. The summed E-state index contributed by atoms with van der Waals surface area (Å²) >= 11 is 14.3. The van der Waals surface area contributed by atoms with Gasteiger partial charge in [-0.15, -0.1) is 16.9 Å². The molecule has 2 aliphatic heterocycles. The van der Waals surface area contributed by atoms with Gasteiger partial charge in [0.15, 0.2) is 0 Å². The zero-order valence-electron chi connectivity index (χ0n) is 15.1. The lowest BCUT2D eigenvalue weighted by molar-refractivity contribution is -0.189. The number of thiazole rings is 1. The van der Waals surface area contributed by atoms with E-state index in [1.807, 2.05) is 0 Å². The smallest absolute Gasteiger partial charge is 0.224 e. The summed E-state index contributed by atoms with van der Waals surface area (Å²) in [6.07, 6.45) is -1.75. The molecule has 0 amide bonds. The van der Waals surface area contributed by atoms with Gasteiger partial charge in [0, 0.05) is 16.5 Å². The highest BCUT2D eigenvalue weighted by Gasteiger charge is 2.48. The molecule has 0 spiro atoms. The molecular weight excluding hydrogens is 478 g/mol. The molecule has 4 rings (SSSR count). The third-order valence-electron chi connectivity index (χ3n) is 4.61. The summed E-state index contributed by atoms with van der Waals surface area (Å²) in [5.41, 5.74) is 5.32. The van der Waals surface area contributed by atoms with Crippen LogP contribution in [-0.4, -0.2) is 61.7 Å². The van der Waals surface area contributed by atoms with E-state index in [1.165, 1.54) is 22.2 Å². The van der Waals surface area contributed by atoms with Gasteiger partial charge in [0.05, 0.1) is 16.7 Å². The van der Waals surface area contributed by atoms with Crippen molar-refractivity contribution in [3.63, 3.8) is 0 Å². The van der Waals surface area contributed by atoms with E-state index in [1.54, 1.807) is 24.4 Å². The Kier molecular flexibility index (Phi) is 6.73. The molecule has 2 aliphatic rings. The van der Waals surface area contributed by atoms with Crippen LogP contribution in [0, 0.1) is 5.95 Å². The molecule has 3 heterocycles. The Labute approximate surface area is 189 Å². The average molecular weight is 495 g/mol. The summed E-state index contributed by atoms with van der Waals surface area (Å²) in [6.45, 7) is -0.446. The van der Waals surface area contributed by atoms with Gasteiger partial charge in [-0.05, 0) is 18.2 Å². The predicted octanol–water partition coefficient (Wildman–Crippen LogP) is 1.81. The van der Waals surface area contributed by atoms with Crippen LogP contribution in [0.5, 0.6) is 0 Å². The van der Waals surface area contributed by atoms with Crippen molar-refractivity contribution in [1.29, 1.82) is 0 Å². The first-order chi connectivity index (χ1) is 14.4. The van der Waals surface area contributed by atoms with Gasteiger partial charge in [0.2, 0.25) is 5.95 Å². The summed E-state index contributed by atoms with van der Waals surface area (Å²) in [4.78, 5) is 4.46. The third kappa shape index (κ3) is 4.40. The molecule has 30 heavy (non-hydrogen) atoms. The van der Waals surface area contributed by atoms with Crippen molar-refractivity contribution in [2.24, 2.45) is 0 Å². The fraction of sp³-hybridized carbons (Fsp3) is 0.353. The number of ether oxygens (including phenoxy) is 1. The van der Waals surface area contributed by atoms with Gasteiger partial charge in [-0.25, -0.2) is 4.98 Å². The molecule has 1 fully saturated rings. The molecule has 8 nitrogen and oxygen atoms in total. The molecule has 13 heteroatoms. The zero-order valence-corrected chi connectivity index (χ0v) is 18.2. The number of benzene rings is 1. The molecule has 1 aromatic heterocycles. The minimum Gasteiger partial charge on any atom is -0.394 e. The number of aliphatic hydroxyl groups is 3. The fourth-order valence-electron chi connectivity index (χ4n) is 3.15. The molecule has 1 aromatic carbocycles. The van der Waals surface area contributed by atoms with E-state index >= 15 is 0 Å². The number of halogens is 3. The van der Waals surface area contributed by atoms with Crippen molar-refractivity contribution >= 4 is 52.0 Å². The predicted molar refractivity (Wildman–Crippen MR) is 112 cm³/mol. The van der Waals surface area contributed by atoms with Gasteiger partial charge < -0.3 is 20.1 Å². The van der Waals surface area contributed by atoms with Gasteiger partial charge in [0.1, 0.15) is 40.5 Å². The van der Waals surface area contributed by atoms with E-state index in [0.717, 1.165) is 11.3 Å². The lowest BCUT2D eigenvalue weighted by Crippen LogP contribution is -2.65. The van der Waals surface area contributed by atoms with E-state index in [4.69, 9.17) is 27.9 Å². The normalized spacial score (nSPS) is 29.1. The topological polar surface area (TPSA) is 110 Å². The third-order valence-corrected chi connectivity index (χ3v) is 7.34. The molecule has 0 aliphatic carbocycles. The first kappa shape index (κ1) is 22.1. The summed E-state index contributed by atoms with van der Waals surface area (Å²) in [6, 6.07) is 4.12. The number of aliphatic hydroxyl groups excluding tert-OH is 3. The molecule has 5 N–H and O–H groups in total. The van der Waals surface area contributed by atoms with Crippen molar-refractivity contribution in [3.05, 3.63) is 50.8 Å². The molecule has 0 bridgehead atoms. The van der Waals surface area contributed by atoms with Gasteiger partial charge in [0.25, 0.3) is 0 Å². The molecule has 162 valence electrons. The Morgan fingerprint density at radius 3 is 2.73 bits per heavy atom.